The molecule has 0 spiro atoms. The SMILES string of the molecule is CCc1c(O)cc(C#N)cc1S(=O)(=O)Cl. The molecule has 0 heterocycles. The Labute approximate surface area is 92.1 Å². The van der Waals surface area contributed by atoms with Gasteiger partial charge in [-0.2, -0.15) is 5.26 Å². The van der Waals surface area contributed by atoms with Crippen molar-refractivity contribution in [3.8, 4) is 11.8 Å². The summed E-state index contributed by atoms with van der Waals surface area (Å²) in [5.41, 5.74) is 0.285. The number of benzene rings is 1. The first kappa shape index (κ1) is 11.8. The van der Waals surface area contributed by atoms with Crippen LogP contribution < -0.4 is 0 Å². The van der Waals surface area contributed by atoms with Gasteiger partial charge in [0.1, 0.15) is 5.75 Å². The molecule has 0 saturated carbocycles. The summed E-state index contributed by atoms with van der Waals surface area (Å²) in [5, 5.41) is 18.1. The lowest BCUT2D eigenvalue weighted by Crippen LogP contribution is -1.98. The number of hydrogen-bond acceptors (Lipinski definition) is 4. The second-order valence-electron chi connectivity index (χ2n) is 2.88. The highest BCUT2D eigenvalue weighted by Crippen LogP contribution is 2.29. The number of phenolic OH excluding ortho intramolecular Hbond substituents is 1. The van der Waals surface area contributed by atoms with Crippen LogP contribution in [0.25, 0.3) is 0 Å². The number of halogens is 1. The van der Waals surface area contributed by atoms with E-state index >= 15 is 0 Å². The van der Waals surface area contributed by atoms with Crippen molar-refractivity contribution in [2.75, 3.05) is 0 Å². The molecule has 0 aliphatic heterocycles. The fourth-order valence-corrected chi connectivity index (χ4v) is 2.49. The number of hydrogen-bond donors (Lipinski definition) is 1. The van der Waals surface area contributed by atoms with Crippen LogP contribution in [-0.2, 0) is 15.5 Å². The van der Waals surface area contributed by atoms with Crippen molar-refractivity contribution in [2.24, 2.45) is 0 Å². The summed E-state index contributed by atoms with van der Waals surface area (Å²) in [6.45, 7) is 1.69. The zero-order valence-corrected chi connectivity index (χ0v) is 9.43. The Morgan fingerprint density at radius 1 is 1.53 bits per heavy atom. The molecule has 6 heteroatoms. The molecule has 0 fully saturated rings. The van der Waals surface area contributed by atoms with Crippen molar-refractivity contribution in [1.82, 2.24) is 0 Å². The van der Waals surface area contributed by atoms with Gasteiger partial charge >= 0.3 is 0 Å². The maximum atomic E-state index is 11.2. The van der Waals surface area contributed by atoms with E-state index in [0.717, 1.165) is 6.07 Å². The zero-order chi connectivity index (χ0) is 11.6. The van der Waals surface area contributed by atoms with Gasteiger partial charge in [-0.05, 0) is 18.6 Å². The van der Waals surface area contributed by atoms with Crippen LogP contribution in [0.5, 0.6) is 5.75 Å². The monoisotopic (exact) mass is 245 g/mol. The molecule has 0 amide bonds. The molecular weight excluding hydrogens is 238 g/mol. The van der Waals surface area contributed by atoms with Gasteiger partial charge in [0.05, 0.1) is 16.5 Å². The Bertz CT molecular complexity index is 531. The van der Waals surface area contributed by atoms with E-state index in [-0.39, 0.29) is 21.8 Å². The maximum absolute atomic E-state index is 11.2. The minimum atomic E-state index is -3.94. The topological polar surface area (TPSA) is 78.2 Å². The van der Waals surface area contributed by atoms with Crippen LogP contribution in [0.2, 0.25) is 0 Å². The highest BCUT2D eigenvalue weighted by molar-refractivity contribution is 8.13. The maximum Gasteiger partial charge on any atom is 0.261 e. The Morgan fingerprint density at radius 2 is 2.13 bits per heavy atom. The van der Waals surface area contributed by atoms with Crippen LogP contribution in [-0.4, -0.2) is 13.5 Å². The largest absolute Gasteiger partial charge is 0.508 e. The molecule has 1 N–H and O–H groups in total. The minimum absolute atomic E-state index is 0.0592. The average Bonchev–Trinajstić information content (AvgIpc) is 2.15. The average molecular weight is 246 g/mol. The van der Waals surface area contributed by atoms with E-state index in [2.05, 4.69) is 0 Å². The first-order valence-corrected chi connectivity index (χ1v) is 6.41. The molecule has 15 heavy (non-hydrogen) atoms. The molecule has 0 bridgehead atoms. The molecule has 0 unspecified atom stereocenters. The van der Waals surface area contributed by atoms with Crippen molar-refractivity contribution >= 4 is 19.7 Å². The first-order chi connectivity index (χ1) is 6.90. The summed E-state index contributed by atoms with van der Waals surface area (Å²) in [4.78, 5) is -0.205. The molecule has 0 atom stereocenters. The van der Waals surface area contributed by atoms with E-state index in [1.54, 1.807) is 13.0 Å². The second-order valence-corrected chi connectivity index (χ2v) is 5.41. The lowest BCUT2D eigenvalue weighted by Gasteiger charge is -2.07. The van der Waals surface area contributed by atoms with E-state index in [0.29, 0.717) is 6.42 Å². The molecule has 0 radical (unpaired) electrons. The molecule has 0 aromatic heterocycles. The van der Waals surface area contributed by atoms with Gasteiger partial charge < -0.3 is 5.11 Å². The number of nitrogens with zero attached hydrogens (tertiary/aromatic N) is 1. The van der Waals surface area contributed by atoms with Crippen LogP contribution in [0.4, 0.5) is 0 Å². The standard InChI is InChI=1S/C9H8ClNO3S/c1-2-7-8(12)3-6(5-11)4-9(7)15(10,13)14/h3-4,12H,2H2,1H3. The van der Waals surface area contributed by atoms with E-state index in [1.807, 2.05) is 0 Å². The zero-order valence-electron chi connectivity index (χ0n) is 7.86. The third-order valence-electron chi connectivity index (χ3n) is 1.93. The van der Waals surface area contributed by atoms with Gasteiger partial charge in [-0.1, -0.05) is 6.92 Å². The molecule has 1 aromatic rings. The summed E-state index contributed by atoms with van der Waals surface area (Å²) in [6.07, 6.45) is 0.318. The van der Waals surface area contributed by atoms with Crippen LogP contribution >= 0.6 is 10.7 Å². The quantitative estimate of drug-likeness (QED) is 0.806. The lowest BCUT2D eigenvalue weighted by atomic mass is 10.1. The van der Waals surface area contributed by atoms with Gasteiger partial charge in [0.2, 0.25) is 0 Å². The number of phenols is 1. The van der Waals surface area contributed by atoms with E-state index in [4.69, 9.17) is 15.9 Å². The summed E-state index contributed by atoms with van der Waals surface area (Å²) < 4.78 is 22.4. The molecular formula is C9H8ClNO3S. The van der Waals surface area contributed by atoms with Crippen molar-refractivity contribution in [3.05, 3.63) is 23.3 Å². The summed E-state index contributed by atoms with van der Waals surface area (Å²) in [6, 6.07) is 4.11. The Hall–Kier alpha value is -1.25. The molecule has 1 rings (SSSR count). The van der Waals surface area contributed by atoms with Crippen LogP contribution in [0.3, 0.4) is 0 Å². The van der Waals surface area contributed by atoms with Gasteiger partial charge in [-0.25, -0.2) is 8.42 Å². The predicted molar refractivity (Wildman–Crippen MR) is 55.2 cm³/mol. The van der Waals surface area contributed by atoms with E-state index < -0.39 is 9.05 Å². The molecule has 0 saturated heterocycles. The highest BCUT2D eigenvalue weighted by atomic mass is 35.7. The number of rotatable bonds is 2. The Balaban J connectivity index is 3.63. The normalized spacial score (nSPS) is 11.0. The molecule has 80 valence electrons. The smallest absolute Gasteiger partial charge is 0.261 e. The third kappa shape index (κ3) is 2.41. The second kappa shape index (κ2) is 4.09. The highest BCUT2D eigenvalue weighted by Gasteiger charge is 2.18. The number of aromatic hydroxyl groups is 1. The van der Waals surface area contributed by atoms with E-state index in [9.17, 15) is 13.5 Å². The van der Waals surface area contributed by atoms with Gasteiger partial charge in [0, 0.05) is 16.2 Å². The fourth-order valence-electron chi connectivity index (χ4n) is 1.27. The fraction of sp³-hybridized carbons (Fsp3) is 0.222. The molecule has 4 nitrogen and oxygen atoms in total. The molecule has 0 aliphatic carbocycles. The molecule has 1 aromatic carbocycles. The van der Waals surface area contributed by atoms with Crippen molar-refractivity contribution in [3.63, 3.8) is 0 Å². The summed E-state index contributed by atoms with van der Waals surface area (Å²) in [5.74, 6) is -0.226. The van der Waals surface area contributed by atoms with Crippen molar-refractivity contribution < 1.29 is 13.5 Å². The first-order valence-electron chi connectivity index (χ1n) is 4.10. The van der Waals surface area contributed by atoms with Gasteiger partial charge in [-0.3, -0.25) is 0 Å². The van der Waals surface area contributed by atoms with Gasteiger partial charge in [0.15, 0.2) is 0 Å². The van der Waals surface area contributed by atoms with Crippen LogP contribution in [0.15, 0.2) is 17.0 Å². The minimum Gasteiger partial charge on any atom is -0.508 e. The van der Waals surface area contributed by atoms with Gasteiger partial charge in [0.25, 0.3) is 9.05 Å². The molecule has 0 aliphatic rings. The van der Waals surface area contributed by atoms with Crippen molar-refractivity contribution in [2.45, 2.75) is 18.2 Å². The van der Waals surface area contributed by atoms with E-state index in [1.165, 1.54) is 6.07 Å². The number of nitriles is 1. The van der Waals surface area contributed by atoms with Gasteiger partial charge in [-0.15, -0.1) is 0 Å². The Kier molecular flexibility index (Phi) is 3.22. The summed E-state index contributed by atoms with van der Waals surface area (Å²) >= 11 is 0. The van der Waals surface area contributed by atoms with Crippen LogP contribution in [0, 0.1) is 11.3 Å². The summed E-state index contributed by atoms with van der Waals surface area (Å²) in [7, 11) is 1.26. The third-order valence-corrected chi connectivity index (χ3v) is 3.32. The Morgan fingerprint density at radius 3 is 2.53 bits per heavy atom. The lowest BCUT2D eigenvalue weighted by molar-refractivity contribution is 0.465. The van der Waals surface area contributed by atoms with Crippen LogP contribution in [0.1, 0.15) is 18.1 Å². The predicted octanol–water partition coefficient (Wildman–Crippen LogP) is 1.75. The van der Waals surface area contributed by atoms with Crippen molar-refractivity contribution in [1.29, 1.82) is 5.26 Å².